The lowest BCUT2D eigenvalue weighted by molar-refractivity contribution is 0.548. The monoisotopic (exact) mass is 252 g/mol. The maximum Gasteiger partial charge on any atom is 0.126 e. The Hall–Kier alpha value is -1.82. The van der Waals surface area contributed by atoms with Crippen LogP contribution in [-0.2, 0) is 13.5 Å². The Morgan fingerprint density at radius 2 is 1.94 bits per heavy atom. The molecule has 1 aromatic carbocycles. The van der Waals surface area contributed by atoms with E-state index in [1.54, 1.807) is 25.0 Å². The lowest BCUT2D eigenvalue weighted by Gasteiger charge is -2.15. The van der Waals surface area contributed by atoms with Crippen LogP contribution in [0.4, 0.5) is 8.78 Å². The molecule has 1 atom stereocenters. The van der Waals surface area contributed by atoms with Crippen molar-refractivity contribution in [2.24, 2.45) is 7.05 Å². The van der Waals surface area contributed by atoms with E-state index < -0.39 is 11.6 Å². The maximum absolute atomic E-state index is 13.2. The minimum absolute atomic E-state index is 0.202. The summed E-state index contributed by atoms with van der Waals surface area (Å²) < 4.78 is 27.9. The van der Waals surface area contributed by atoms with Gasteiger partial charge in [0.25, 0.3) is 0 Å². The van der Waals surface area contributed by atoms with Crippen molar-refractivity contribution in [3.8, 4) is 0 Å². The van der Waals surface area contributed by atoms with Gasteiger partial charge in [0.2, 0.25) is 0 Å². The summed E-state index contributed by atoms with van der Waals surface area (Å²) in [5, 5.41) is 10.8. The summed E-state index contributed by atoms with van der Waals surface area (Å²) in [6.45, 7) is 0. The zero-order valence-corrected chi connectivity index (χ0v) is 10.2. The first kappa shape index (κ1) is 12.6. The lowest BCUT2D eigenvalue weighted by atomic mass is 10.0. The quantitative estimate of drug-likeness (QED) is 0.898. The number of aromatic nitrogens is 3. The second-order valence-corrected chi connectivity index (χ2v) is 4.13. The van der Waals surface area contributed by atoms with Gasteiger partial charge in [-0.1, -0.05) is 5.21 Å². The molecule has 1 N–H and O–H groups in total. The van der Waals surface area contributed by atoms with Crippen LogP contribution in [0.2, 0.25) is 0 Å². The Labute approximate surface area is 104 Å². The van der Waals surface area contributed by atoms with Gasteiger partial charge in [-0.25, -0.2) is 8.78 Å². The van der Waals surface area contributed by atoms with Gasteiger partial charge in [0.15, 0.2) is 0 Å². The zero-order valence-electron chi connectivity index (χ0n) is 10.2. The van der Waals surface area contributed by atoms with Crippen molar-refractivity contribution in [2.45, 2.75) is 12.5 Å². The van der Waals surface area contributed by atoms with Crippen molar-refractivity contribution < 1.29 is 8.78 Å². The molecule has 1 unspecified atom stereocenters. The normalized spacial score (nSPS) is 12.7. The highest BCUT2D eigenvalue weighted by Crippen LogP contribution is 2.19. The van der Waals surface area contributed by atoms with Crippen LogP contribution in [0.3, 0.4) is 0 Å². The first-order valence-electron chi connectivity index (χ1n) is 5.57. The fourth-order valence-electron chi connectivity index (χ4n) is 1.86. The van der Waals surface area contributed by atoms with Gasteiger partial charge in [-0.3, -0.25) is 4.68 Å². The number of rotatable bonds is 4. The first-order chi connectivity index (χ1) is 8.58. The van der Waals surface area contributed by atoms with Gasteiger partial charge in [-0.05, 0) is 24.7 Å². The van der Waals surface area contributed by atoms with Crippen molar-refractivity contribution in [1.29, 1.82) is 0 Å². The molecule has 2 aromatic rings. The Balaban J connectivity index is 2.22. The molecule has 0 spiro atoms. The van der Waals surface area contributed by atoms with E-state index in [-0.39, 0.29) is 6.04 Å². The molecule has 0 amide bonds. The van der Waals surface area contributed by atoms with Crippen molar-refractivity contribution in [3.05, 3.63) is 47.3 Å². The lowest BCUT2D eigenvalue weighted by Crippen LogP contribution is -2.19. The molecule has 1 aromatic heterocycles. The Morgan fingerprint density at radius 3 is 2.44 bits per heavy atom. The molecule has 0 saturated carbocycles. The summed E-state index contributed by atoms with van der Waals surface area (Å²) in [5.74, 6) is -1.16. The van der Waals surface area contributed by atoms with Crippen LogP contribution >= 0.6 is 0 Å². The molecule has 0 bridgehead atoms. The second-order valence-electron chi connectivity index (χ2n) is 4.13. The molecular weight excluding hydrogens is 238 g/mol. The standard InChI is InChI=1S/C12H14F2N4/c1-15-12(6-11-7-18(2)17-16-11)8-3-9(13)5-10(14)4-8/h3-5,7,12,15H,6H2,1-2H3. The van der Waals surface area contributed by atoms with Crippen LogP contribution in [0.15, 0.2) is 24.4 Å². The van der Waals surface area contributed by atoms with E-state index >= 15 is 0 Å². The van der Waals surface area contributed by atoms with Crippen molar-refractivity contribution >= 4 is 0 Å². The molecule has 0 aliphatic rings. The SMILES string of the molecule is CNC(Cc1cn(C)nn1)c1cc(F)cc(F)c1. The summed E-state index contributed by atoms with van der Waals surface area (Å²) >= 11 is 0. The van der Waals surface area contributed by atoms with Crippen LogP contribution in [-0.4, -0.2) is 22.0 Å². The fourth-order valence-corrected chi connectivity index (χ4v) is 1.86. The average molecular weight is 252 g/mol. The number of benzene rings is 1. The number of hydrogen-bond donors (Lipinski definition) is 1. The topological polar surface area (TPSA) is 42.7 Å². The number of likely N-dealkylation sites (N-methyl/N-ethyl adjacent to an activating group) is 1. The summed E-state index contributed by atoms with van der Waals surface area (Å²) in [5.41, 5.74) is 1.32. The minimum atomic E-state index is -0.579. The minimum Gasteiger partial charge on any atom is -0.313 e. The molecule has 6 heteroatoms. The van der Waals surface area contributed by atoms with Gasteiger partial charge in [0, 0.05) is 31.8 Å². The molecule has 2 rings (SSSR count). The van der Waals surface area contributed by atoms with E-state index in [0.29, 0.717) is 12.0 Å². The zero-order chi connectivity index (χ0) is 13.1. The number of nitrogens with one attached hydrogen (secondary N) is 1. The highest BCUT2D eigenvalue weighted by Gasteiger charge is 2.14. The molecule has 0 aliphatic heterocycles. The van der Waals surface area contributed by atoms with E-state index in [1.165, 1.54) is 12.1 Å². The van der Waals surface area contributed by atoms with E-state index in [4.69, 9.17) is 0 Å². The van der Waals surface area contributed by atoms with Crippen LogP contribution < -0.4 is 5.32 Å². The van der Waals surface area contributed by atoms with E-state index in [0.717, 1.165) is 11.8 Å². The van der Waals surface area contributed by atoms with Crippen LogP contribution in [0.1, 0.15) is 17.3 Å². The molecular formula is C12H14F2N4. The largest absolute Gasteiger partial charge is 0.313 e. The van der Waals surface area contributed by atoms with E-state index in [9.17, 15) is 8.78 Å². The molecule has 0 radical (unpaired) electrons. The highest BCUT2D eigenvalue weighted by molar-refractivity contribution is 5.22. The molecule has 0 aliphatic carbocycles. The molecule has 18 heavy (non-hydrogen) atoms. The number of nitrogens with zero attached hydrogens (tertiary/aromatic N) is 3. The number of hydrogen-bond acceptors (Lipinski definition) is 3. The predicted octanol–water partition coefficient (Wildman–Crippen LogP) is 1.60. The van der Waals surface area contributed by atoms with Crippen molar-refractivity contribution in [1.82, 2.24) is 20.3 Å². The first-order valence-corrected chi connectivity index (χ1v) is 5.57. The average Bonchev–Trinajstić information content (AvgIpc) is 2.70. The third-order valence-corrected chi connectivity index (χ3v) is 2.70. The molecule has 4 nitrogen and oxygen atoms in total. The van der Waals surface area contributed by atoms with Gasteiger partial charge >= 0.3 is 0 Å². The van der Waals surface area contributed by atoms with Crippen LogP contribution in [0.25, 0.3) is 0 Å². The maximum atomic E-state index is 13.2. The van der Waals surface area contributed by atoms with Crippen LogP contribution in [0.5, 0.6) is 0 Å². The third kappa shape index (κ3) is 2.89. The highest BCUT2D eigenvalue weighted by atomic mass is 19.1. The van der Waals surface area contributed by atoms with E-state index in [2.05, 4.69) is 15.6 Å². The Bertz CT molecular complexity index is 518. The Morgan fingerprint density at radius 1 is 1.28 bits per heavy atom. The van der Waals surface area contributed by atoms with Crippen LogP contribution in [0, 0.1) is 11.6 Å². The van der Waals surface area contributed by atoms with E-state index in [1.807, 2.05) is 0 Å². The molecule has 1 heterocycles. The number of aryl methyl sites for hydroxylation is 1. The predicted molar refractivity (Wildman–Crippen MR) is 62.9 cm³/mol. The Kier molecular flexibility index (Phi) is 3.66. The van der Waals surface area contributed by atoms with Crippen molar-refractivity contribution in [2.75, 3.05) is 7.05 Å². The van der Waals surface area contributed by atoms with Gasteiger partial charge in [-0.2, -0.15) is 0 Å². The summed E-state index contributed by atoms with van der Waals surface area (Å²) in [4.78, 5) is 0. The molecule has 96 valence electrons. The summed E-state index contributed by atoms with van der Waals surface area (Å²) in [7, 11) is 3.51. The molecule has 0 fully saturated rings. The van der Waals surface area contributed by atoms with Gasteiger partial charge < -0.3 is 5.32 Å². The summed E-state index contributed by atoms with van der Waals surface area (Å²) in [6, 6.07) is 3.30. The summed E-state index contributed by atoms with van der Waals surface area (Å²) in [6.07, 6.45) is 2.30. The number of halogens is 2. The van der Waals surface area contributed by atoms with Gasteiger partial charge in [0.05, 0.1) is 5.69 Å². The smallest absolute Gasteiger partial charge is 0.126 e. The third-order valence-electron chi connectivity index (χ3n) is 2.70. The van der Waals surface area contributed by atoms with Gasteiger partial charge in [-0.15, -0.1) is 5.10 Å². The fraction of sp³-hybridized carbons (Fsp3) is 0.333. The van der Waals surface area contributed by atoms with Crippen molar-refractivity contribution in [3.63, 3.8) is 0 Å². The second kappa shape index (κ2) is 5.22. The van der Waals surface area contributed by atoms with Gasteiger partial charge in [0.1, 0.15) is 11.6 Å². The molecule has 0 saturated heterocycles.